The molecule has 3 heterocycles. The number of hydrogen-bond acceptors (Lipinski definition) is 9. The minimum absolute atomic E-state index is 0.293. The molecule has 0 spiro atoms. The van der Waals surface area contributed by atoms with Gasteiger partial charge in [-0.25, -0.2) is 5.43 Å². The largest absolute Gasteiger partial charge is 0.472 e. The predicted molar refractivity (Wildman–Crippen MR) is 112 cm³/mol. The molecule has 0 bridgehead atoms. The Balaban J connectivity index is 1.52. The first kappa shape index (κ1) is 18.0. The highest BCUT2D eigenvalue weighted by Crippen LogP contribution is 2.19. The van der Waals surface area contributed by atoms with Crippen LogP contribution >= 0.6 is 0 Å². The first-order chi connectivity index (χ1) is 14.3. The normalized spacial score (nSPS) is 11.2. The van der Waals surface area contributed by atoms with Crippen LogP contribution in [0.15, 0.2) is 92.4 Å². The highest BCUT2D eigenvalue weighted by Gasteiger charge is 2.05. The second kappa shape index (κ2) is 9.00. The fourth-order valence-electron chi connectivity index (χ4n) is 2.33. The minimum atomic E-state index is 0.293. The molecule has 3 N–H and O–H groups in total. The average Bonchev–Trinajstić information content (AvgIpc) is 3.43. The second-order valence-electron chi connectivity index (χ2n) is 5.77. The Labute approximate surface area is 166 Å². The summed E-state index contributed by atoms with van der Waals surface area (Å²) in [4.78, 5) is 8.78. The van der Waals surface area contributed by atoms with Crippen molar-refractivity contribution in [2.45, 2.75) is 0 Å². The van der Waals surface area contributed by atoms with Crippen molar-refractivity contribution >= 4 is 35.7 Å². The van der Waals surface area contributed by atoms with Gasteiger partial charge < -0.3 is 14.2 Å². The molecule has 0 radical (unpaired) electrons. The lowest BCUT2D eigenvalue weighted by atomic mass is 10.3. The molecule has 0 atom stereocenters. The van der Waals surface area contributed by atoms with Gasteiger partial charge in [0.05, 0.1) is 31.2 Å². The van der Waals surface area contributed by atoms with Crippen molar-refractivity contribution in [2.24, 2.45) is 10.2 Å². The predicted octanol–water partition coefficient (Wildman–Crippen LogP) is 4.30. The van der Waals surface area contributed by atoms with Crippen molar-refractivity contribution in [1.29, 1.82) is 0 Å². The highest BCUT2D eigenvalue weighted by molar-refractivity contribution is 5.79. The standard InChI is InChI=1S/C20H17N7O2/c1-2-5-16(6-3-1)23-18-11-19(26-22-13-17-7-4-9-29-17)25-20(24-18)27-21-12-15-8-10-28-14-15/h1-14H,(H3,23,24,25,26,27). The Morgan fingerprint density at radius 3 is 2.48 bits per heavy atom. The molecule has 9 heteroatoms. The monoisotopic (exact) mass is 387 g/mol. The van der Waals surface area contributed by atoms with Crippen LogP contribution in [-0.2, 0) is 0 Å². The summed E-state index contributed by atoms with van der Waals surface area (Å²) in [5.74, 6) is 1.96. The Morgan fingerprint density at radius 1 is 0.828 bits per heavy atom. The molecule has 3 aromatic heterocycles. The summed E-state index contributed by atoms with van der Waals surface area (Å²) in [5.41, 5.74) is 7.38. The maximum absolute atomic E-state index is 5.21. The molecule has 29 heavy (non-hydrogen) atoms. The van der Waals surface area contributed by atoms with E-state index < -0.39 is 0 Å². The van der Waals surface area contributed by atoms with Gasteiger partial charge in [-0.1, -0.05) is 18.2 Å². The van der Waals surface area contributed by atoms with E-state index in [0.717, 1.165) is 11.3 Å². The van der Waals surface area contributed by atoms with Gasteiger partial charge in [-0.2, -0.15) is 20.2 Å². The van der Waals surface area contributed by atoms with E-state index in [1.165, 1.54) is 0 Å². The summed E-state index contributed by atoms with van der Waals surface area (Å²) in [6.45, 7) is 0. The van der Waals surface area contributed by atoms with E-state index in [-0.39, 0.29) is 0 Å². The molecule has 0 saturated heterocycles. The first-order valence-electron chi connectivity index (χ1n) is 8.70. The van der Waals surface area contributed by atoms with Crippen LogP contribution in [0.5, 0.6) is 0 Å². The Morgan fingerprint density at radius 2 is 1.69 bits per heavy atom. The summed E-state index contributed by atoms with van der Waals surface area (Å²) < 4.78 is 10.2. The summed E-state index contributed by atoms with van der Waals surface area (Å²) in [5, 5.41) is 11.5. The number of furan rings is 2. The number of hydrazone groups is 2. The fourth-order valence-corrected chi connectivity index (χ4v) is 2.33. The van der Waals surface area contributed by atoms with Gasteiger partial charge in [-0.15, -0.1) is 0 Å². The van der Waals surface area contributed by atoms with Gasteiger partial charge in [0.15, 0.2) is 5.82 Å². The number of benzene rings is 1. The summed E-state index contributed by atoms with van der Waals surface area (Å²) >= 11 is 0. The fraction of sp³-hybridized carbons (Fsp3) is 0. The average molecular weight is 387 g/mol. The smallest absolute Gasteiger partial charge is 0.247 e. The van der Waals surface area contributed by atoms with Gasteiger partial charge in [0.1, 0.15) is 11.6 Å². The lowest BCUT2D eigenvalue weighted by Crippen LogP contribution is -2.04. The van der Waals surface area contributed by atoms with E-state index >= 15 is 0 Å². The molecule has 4 aromatic rings. The summed E-state index contributed by atoms with van der Waals surface area (Å²) in [6.07, 6.45) is 7.88. The summed E-state index contributed by atoms with van der Waals surface area (Å²) in [6, 6.07) is 16.8. The molecule has 4 rings (SSSR count). The third-order valence-corrected chi connectivity index (χ3v) is 3.61. The van der Waals surface area contributed by atoms with Crippen molar-refractivity contribution in [3.05, 3.63) is 84.7 Å². The van der Waals surface area contributed by atoms with Gasteiger partial charge in [0, 0.05) is 17.3 Å². The lowest BCUT2D eigenvalue weighted by molar-refractivity contribution is 0.560. The molecule has 0 aliphatic heterocycles. The van der Waals surface area contributed by atoms with E-state index in [2.05, 4.69) is 36.3 Å². The second-order valence-corrected chi connectivity index (χ2v) is 5.77. The molecule has 1 aromatic carbocycles. The van der Waals surface area contributed by atoms with Crippen LogP contribution in [0.4, 0.5) is 23.3 Å². The quantitative estimate of drug-likeness (QED) is 0.305. The molecule has 0 saturated carbocycles. The molecule has 9 nitrogen and oxygen atoms in total. The lowest BCUT2D eigenvalue weighted by Gasteiger charge is -2.09. The van der Waals surface area contributed by atoms with Crippen LogP contribution in [0.25, 0.3) is 0 Å². The zero-order chi connectivity index (χ0) is 19.7. The molecular weight excluding hydrogens is 370 g/mol. The van der Waals surface area contributed by atoms with Gasteiger partial charge >= 0.3 is 0 Å². The number of aromatic nitrogens is 2. The van der Waals surface area contributed by atoms with E-state index in [1.807, 2.05) is 30.3 Å². The summed E-state index contributed by atoms with van der Waals surface area (Å²) in [7, 11) is 0. The Hall–Kier alpha value is -4.40. The topological polar surface area (TPSA) is 113 Å². The van der Waals surface area contributed by atoms with Gasteiger partial charge in [0.25, 0.3) is 0 Å². The number of para-hydroxylation sites is 1. The maximum Gasteiger partial charge on any atom is 0.247 e. The molecule has 0 aliphatic carbocycles. The maximum atomic E-state index is 5.21. The zero-order valence-electron chi connectivity index (χ0n) is 15.2. The number of hydrogen-bond donors (Lipinski definition) is 3. The van der Waals surface area contributed by atoms with E-state index in [1.54, 1.807) is 55.5 Å². The Bertz CT molecular complexity index is 1010. The zero-order valence-corrected chi connectivity index (χ0v) is 15.2. The van der Waals surface area contributed by atoms with Crippen LogP contribution in [0.3, 0.4) is 0 Å². The van der Waals surface area contributed by atoms with Gasteiger partial charge in [-0.3, -0.25) is 5.43 Å². The third-order valence-electron chi connectivity index (χ3n) is 3.61. The third kappa shape index (κ3) is 5.30. The molecule has 144 valence electrons. The molecular formula is C20H17N7O2. The van der Waals surface area contributed by atoms with Gasteiger partial charge in [0.2, 0.25) is 5.95 Å². The molecule has 0 aliphatic rings. The van der Waals surface area contributed by atoms with Crippen LogP contribution in [0, 0.1) is 0 Å². The number of anilines is 4. The van der Waals surface area contributed by atoms with Crippen LogP contribution in [-0.4, -0.2) is 22.4 Å². The Kier molecular flexibility index (Phi) is 5.58. The van der Waals surface area contributed by atoms with Crippen molar-refractivity contribution in [2.75, 3.05) is 16.2 Å². The van der Waals surface area contributed by atoms with E-state index in [4.69, 9.17) is 8.83 Å². The molecule has 0 unspecified atom stereocenters. The highest BCUT2D eigenvalue weighted by atomic mass is 16.3. The van der Waals surface area contributed by atoms with Crippen LogP contribution < -0.4 is 16.2 Å². The van der Waals surface area contributed by atoms with E-state index in [0.29, 0.717) is 23.3 Å². The number of rotatable bonds is 8. The minimum Gasteiger partial charge on any atom is -0.472 e. The van der Waals surface area contributed by atoms with Crippen molar-refractivity contribution in [1.82, 2.24) is 9.97 Å². The number of nitrogens with zero attached hydrogens (tertiary/aromatic N) is 4. The first-order valence-corrected chi connectivity index (χ1v) is 8.70. The van der Waals surface area contributed by atoms with Crippen LogP contribution in [0.2, 0.25) is 0 Å². The van der Waals surface area contributed by atoms with Crippen molar-refractivity contribution in [3.63, 3.8) is 0 Å². The van der Waals surface area contributed by atoms with Crippen molar-refractivity contribution < 1.29 is 8.83 Å². The van der Waals surface area contributed by atoms with Gasteiger partial charge in [-0.05, 0) is 30.3 Å². The molecule has 0 amide bonds. The SMILES string of the molecule is C(=NNc1cc(Nc2ccccc2)nc(NN=Cc2ccoc2)n1)c1ccco1. The van der Waals surface area contributed by atoms with Crippen molar-refractivity contribution in [3.8, 4) is 0 Å². The van der Waals surface area contributed by atoms with E-state index in [9.17, 15) is 0 Å². The van der Waals surface area contributed by atoms with Crippen LogP contribution in [0.1, 0.15) is 11.3 Å². The molecule has 0 fully saturated rings. The number of nitrogens with one attached hydrogen (secondary N) is 3.